The number of aliphatic hydroxyl groups is 1. The van der Waals surface area contributed by atoms with Gasteiger partial charge in [-0.1, -0.05) is 30.3 Å². The lowest BCUT2D eigenvalue weighted by molar-refractivity contribution is 0.224. The third kappa shape index (κ3) is 1.65. The predicted molar refractivity (Wildman–Crippen MR) is 72.2 cm³/mol. The Bertz CT molecular complexity index is 737. The lowest BCUT2D eigenvalue weighted by Gasteiger charge is -2.07. The number of hydrogen-bond acceptors (Lipinski definition) is 3. The molecule has 88 valence electrons. The fourth-order valence-corrected chi connectivity index (χ4v) is 2.02. The molecule has 3 aromatic rings. The van der Waals surface area contributed by atoms with Crippen LogP contribution in [0.25, 0.3) is 21.8 Å². The van der Waals surface area contributed by atoms with E-state index in [1.54, 1.807) is 6.20 Å². The van der Waals surface area contributed by atoms with Gasteiger partial charge in [0.1, 0.15) is 6.10 Å². The maximum atomic E-state index is 9.76. The first-order valence-corrected chi connectivity index (χ1v) is 5.74. The van der Waals surface area contributed by atoms with Crippen LogP contribution < -0.4 is 0 Å². The maximum absolute atomic E-state index is 9.76. The highest BCUT2D eigenvalue weighted by Gasteiger charge is 2.08. The number of rotatable bonds is 2. The van der Waals surface area contributed by atoms with Crippen LogP contribution in [0, 0.1) is 0 Å². The van der Waals surface area contributed by atoms with Crippen LogP contribution in [0.2, 0.25) is 0 Å². The molecule has 0 aliphatic carbocycles. The van der Waals surface area contributed by atoms with Gasteiger partial charge in [0.05, 0.1) is 16.7 Å². The second-order valence-corrected chi connectivity index (χ2v) is 4.13. The monoisotopic (exact) mass is 236 g/mol. The minimum absolute atomic E-state index is 0.593. The third-order valence-corrected chi connectivity index (χ3v) is 2.98. The highest BCUT2D eigenvalue weighted by Crippen LogP contribution is 2.23. The molecule has 18 heavy (non-hydrogen) atoms. The highest BCUT2D eigenvalue weighted by molar-refractivity contribution is 6.02. The van der Waals surface area contributed by atoms with Crippen molar-refractivity contribution in [3.8, 4) is 0 Å². The standard InChI is InChI=1S/C15H12N2O/c1-2-13(18)12-8-7-11-6-5-10-4-3-9-16-14(10)15(11)17-12/h2-9,13,18H,1H2. The van der Waals surface area contributed by atoms with Crippen LogP contribution >= 0.6 is 0 Å². The molecular formula is C15H12N2O. The van der Waals surface area contributed by atoms with Crippen LogP contribution in [0.3, 0.4) is 0 Å². The molecular weight excluding hydrogens is 224 g/mol. The summed E-state index contributed by atoms with van der Waals surface area (Å²) >= 11 is 0. The van der Waals surface area contributed by atoms with Gasteiger partial charge in [0.2, 0.25) is 0 Å². The summed E-state index contributed by atoms with van der Waals surface area (Å²) in [6, 6.07) is 11.7. The van der Waals surface area contributed by atoms with E-state index in [0.717, 1.165) is 21.8 Å². The van der Waals surface area contributed by atoms with Crippen molar-refractivity contribution in [1.29, 1.82) is 0 Å². The van der Waals surface area contributed by atoms with Crippen molar-refractivity contribution in [2.24, 2.45) is 0 Å². The van der Waals surface area contributed by atoms with Gasteiger partial charge in [-0.25, -0.2) is 4.98 Å². The Morgan fingerprint density at radius 3 is 2.56 bits per heavy atom. The van der Waals surface area contributed by atoms with Crippen LogP contribution in [-0.4, -0.2) is 15.1 Å². The Morgan fingerprint density at radius 2 is 1.78 bits per heavy atom. The average molecular weight is 236 g/mol. The second-order valence-electron chi connectivity index (χ2n) is 4.13. The van der Waals surface area contributed by atoms with Gasteiger partial charge in [0, 0.05) is 17.0 Å². The molecule has 0 aliphatic rings. The molecule has 0 amide bonds. The van der Waals surface area contributed by atoms with E-state index >= 15 is 0 Å². The largest absolute Gasteiger partial charge is 0.383 e. The van der Waals surface area contributed by atoms with Crippen molar-refractivity contribution in [3.05, 3.63) is 60.9 Å². The number of aliphatic hydroxyl groups excluding tert-OH is 1. The molecule has 1 unspecified atom stereocenters. The highest BCUT2D eigenvalue weighted by atomic mass is 16.3. The molecule has 1 N–H and O–H groups in total. The first kappa shape index (κ1) is 10.9. The lowest BCUT2D eigenvalue weighted by atomic mass is 10.1. The van der Waals surface area contributed by atoms with Crippen molar-refractivity contribution >= 4 is 21.8 Å². The zero-order valence-corrected chi connectivity index (χ0v) is 9.74. The molecule has 3 rings (SSSR count). The fraction of sp³-hybridized carbons (Fsp3) is 0.0667. The molecule has 1 atom stereocenters. The topological polar surface area (TPSA) is 46.0 Å². The van der Waals surface area contributed by atoms with Crippen LogP contribution in [0.4, 0.5) is 0 Å². The summed E-state index contributed by atoms with van der Waals surface area (Å²) in [4.78, 5) is 8.86. The number of pyridine rings is 2. The molecule has 1 aromatic carbocycles. The summed E-state index contributed by atoms with van der Waals surface area (Å²) in [5.74, 6) is 0. The smallest absolute Gasteiger partial charge is 0.114 e. The summed E-state index contributed by atoms with van der Waals surface area (Å²) in [7, 11) is 0. The van der Waals surface area contributed by atoms with Gasteiger partial charge in [-0.05, 0) is 12.1 Å². The summed E-state index contributed by atoms with van der Waals surface area (Å²) in [6.45, 7) is 3.57. The number of benzene rings is 1. The van der Waals surface area contributed by atoms with Gasteiger partial charge in [-0.3, -0.25) is 4.98 Å². The van der Waals surface area contributed by atoms with Crippen LogP contribution in [0.5, 0.6) is 0 Å². The van der Waals surface area contributed by atoms with Gasteiger partial charge < -0.3 is 5.11 Å². The van der Waals surface area contributed by atoms with E-state index in [2.05, 4.69) is 16.5 Å². The number of hydrogen-bond donors (Lipinski definition) is 1. The van der Waals surface area contributed by atoms with E-state index in [0.29, 0.717) is 5.69 Å². The zero-order chi connectivity index (χ0) is 12.5. The van der Waals surface area contributed by atoms with E-state index < -0.39 is 6.10 Å². The van der Waals surface area contributed by atoms with Crippen LogP contribution in [0.15, 0.2) is 55.3 Å². The van der Waals surface area contributed by atoms with Crippen molar-refractivity contribution in [2.45, 2.75) is 6.10 Å². The van der Waals surface area contributed by atoms with Crippen LogP contribution in [-0.2, 0) is 0 Å². The van der Waals surface area contributed by atoms with E-state index in [1.165, 1.54) is 6.08 Å². The van der Waals surface area contributed by atoms with Gasteiger partial charge in [-0.2, -0.15) is 0 Å². The number of aromatic nitrogens is 2. The molecule has 0 spiro atoms. The molecule has 3 nitrogen and oxygen atoms in total. The van der Waals surface area contributed by atoms with E-state index in [-0.39, 0.29) is 0 Å². The molecule has 0 bridgehead atoms. The van der Waals surface area contributed by atoms with Crippen LogP contribution in [0.1, 0.15) is 11.8 Å². The van der Waals surface area contributed by atoms with Gasteiger partial charge >= 0.3 is 0 Å². The summed E-state index contributed by atoms with van der Waals surface area (Å²) in [6.07, 6.45) is 2.47. The molecule has 0 aliphatic heterocycles. The normalized spacial score (nSPS) is 12.7. The Hall–Kier alpha value is -2.26. The van der Waals surface area contributed by atoms with Crippen molar-refractivity contribution in [3.63, 3.8) is 0 Å². The zero-order valence-electron chi connectivity index (χ0n) is 9.74. The molecule has 2 heterocycles. The van der Waals surface area contributed by atoms with Gasteiger partial charge in [-0.15, -0.1) is 6.58 Å². The third-order valence-electron chi connectivity index (χ3n) is 2.98. The van der Waals surface area contributed by atoms with Crippen molar-refractivity contribution < 1.29 is 5.11 Å². The Kier molecular flexibility index (Phi) is 2.54. The van der Waals surface area contributed by atoms with Crippen molar-refractivity contribution in [1.82, 2.24) is 9.97 Å². The number of fused-ring (bicyclic) bond motifs is 3. The number of nitrogens with zero attached hydrogens (tertiary/aromatic N) is 2. The quantitative estimate of drug-likeness (QED) is 0.549. The average Bonchev–Trinajstić information content (AvgIpc) is 2.45. The fourth-order valence-electron chi connectivity index (χ4n) is 2.02. The molecule has 3 heteroatoms. The minimum atomic E-state index is -0.742. The molecule has 2 aromatic heterocycles. The summed E-state index contributed by atoms with van der Waals surface area (Å²) in [5.41, 5.74) is 2.26. The molecule has 0 radical (unpaired) electrons. The molecule has 0 saturated heterocycles. The van der Waals surface area contributed by atoms with Crippen molar-refractivity contribution in [2.75, 3.05) is 0 Å². The second kappa shape index (κ2) is 4.20. The maximum Gasteiger partial charge on any atom is 0.114 e. The Morgan fingerprint density at radius 1 is 1.06 bits per heavy atom. The van der Waals surface area contributed by atoms with Gasteiger partial charge in [0.25, 0.3) is 0 Å². The molecule has 0 fully saturated rings. The molecule has 0 saturated carbocycles. The van der Waals surface area contributed by atoms with E-state index in [9.17, 15) is 5.11 Å². The summed E-state index contributed by atoms with van der Waals surface area (Å²) < 4.78 is 0. The predicted octanol–water partition coefficient (Wildman–Crippen LogP) is 3.00. The Labute approximate surface area is 104 Å². The minimum Gasteiger partial charge on any atom is -0.383 e. The van der Waals surface area contributed by atoms with E-state index in [4.69, 9.17) is 0 Å². The lowest BCUT2D eigenvalue weighted by Crippen LogP contribution is -1.97. The SMILES string of the molecule is C=CC(O)c1ccc2ccc3cccnc3c2n1. The summed E-state index contributed by atoms with van der Waals surface area (Å²) in [5, 5.41) is 11.8. The Balaban J connectivity index is 2.36. The first-order chi connectivity index (χ1) is 8.79. The van der Waals surface area contributed by atoms with Gasteiger partial charge in [0.15, 0.2) is 0 Å². The van der Waals surface area contributed by atoms with E-state index in [1.807, 2.05) is 36.4 Å². The first-order valence-electron chi connectivity index (χ1n) is 5.74.